The van der Waals surface area contributed by atoms with Crippen LogP contribution in [-0.2, 0) is 22.7 Å². The van der Waals surface area contributed by atoms with Crippen molar-refractivity contribution in [2.24, 2.45) is 0 Å². The second-order valence-corrected chi connectivity index (χ2v) is 9.65. The zero-order valence-electron chi connectivity index (χ0n) is 13.0. The number of likely N-dealkylation sites (tertiary alicyclic amines) is 1. The molecule has 1 atom stereocenters. The number of hydrogen-bond acceptors (Lipinski definition) is 4. The minimum absolute atomic E-state index is 0.0488. The number of nitrogens with zero attached hydrogens (tertiary/aromatic N) is 1. The summed E-state index contributed by atoms with van der Waals surface area (Å²) in [7, 11) is -3.07. The van der Waals surface area contributed by atoms with Crippen molar-refractivity contribution in [3.05, 3.63) is 21.4 Å². The van der Waals surface area contributed by atoms with Gasteiger partial charge in [0.15, 0.2) is 0 Å². The van der Waals surface area contributed by atoms with Crippen molar-refractivity contribution in [1.29, 1.82) is 0 Å². The molecule has 1 aliphatic heterocycles. The minimum atomic E-state index is -3.07. The molecule has 2 heterocycles. The van der Waals surface area contributed by atoms with Crippen LogP contribution in [0.25, 0.3) is 0 Å². The Balaban J connectivity index is 1.84. The summed E-state index contributed by atoms with van der Waals surface area (Å²) in [6.07, 6.45) is 8.47. The second kappa shape index (κ2) is 6.32. The van der Waals surface area contributed by atoms with Gasteiger partial charge in [0.2, 0.25) is 0 Å². The molecule has 3 rings (SSSR count). The number of fused-ring (bicyclic) bond motifs is 1. The molecular weight excluding hydrogens is 318 g/mol. The molecule has 22 heavy (non-hydrogen) atoms. The van der Waals surface area contributed by atoms with Crippen molar-refractivity contribution in [1.82, 2.24) is 4.90 Å². The van der Waals surface area contributed by atoms with Crippen molar-refractivity contribution >= 4 is 27.1 Å². The molecule has 0 N–H and O–H groups in total. The SMILES string of the molecule is CS(=O)(=O)CC1CCCCN1C(=O)c1csc2c1CCCC2. The van der Waals surface area contributed by atoms with Crippen molar-refractivity contribution in [2.75, 3.05) is 18.6 Å². The molecule has 1 fully saturated rings. The maximum Gasteiger partial charge on any atom is 0.255 e. The number of carbonyl (C=O) groups is 1. The van der Waals surface area contributed by atoms with E-state index < -0.39 is 9.84 Å². The van der Waals surface area contributed by atoms with Gasteiger partial charge in [0.25, 0.3) is 5.91 Å². The Hall–Kier alpha value is -0.880. The van der Waals surface area contributed by atoms with Gasteiger partial charge in [-0.05, 0) is 50.5 Å². The van der Waals surface area contributed by atoms with Crippen LogP contribution in [0.1, 0.15) is 52.9 Å². The zero-order chi connectivity index (χ0) is 15.7. The summed E-state index contributed by atoms with van der Waals surface area (Å²) in [4.78, 5) is 16.1. The second-order valence-electron chi connectivity index (χ2n) is 6.50. The van der Waals surface area contributed by atoms with Crippen LogP contribution in [0.4, 0.5) is 0 Å². The first-order chi connectivity index (χ1) is 10.5. The van der Waals surface area contributed by atoms with Gasteiger partial charge in [0.1, 0.15) is 9.84 Å². The first-order valence-corrected chi connectivity index (χ1v) is 11.0. The van der Waals surface area contributed by atoms with E-state index in [0.29, 0.717) is 6.54 Å². The van der Waals surface area contributed by atoms with Crippen LogP contribution in [0.5, 0.6) is 0 Å². The number of carbonyl (C=O) groups excluding carboxylic acids is 1. The van der Waals surface area contributed by atoms with Gasteiger partial charge >= 0.3 is 0 Å². The number of amides is 1. The average Bonchev–Trinajstić information content (AvgIpc) is 2.89. The summed E-state index contributed by atoms with van der Waals surface area (Å²) in [6.45, 7) is 0.684. The van der Waals surface area contributed by atoms with Crippen LogP contribution in [0.2, 0.25) is 0 Å². The number of rotatable bonds is 3. The van der Waals surface area contributed by atoms with E-state index in [1.54, 1.807) is 11.3 Å². The molecule has 1 aromatic rings. The van der Waals surface area contributed by atoms with Gasteiger partial charge in [-0.15, -0.1) is 11.3 Å². The van der Waals surface area contributed by atoms with E-state index in [2.05, 4.69) is 0 Å². The number of hydrogen-bond donors (Lipinski definition) is 0. The van der Waals surface area contributed by atoms with E-state index in [4.69, 9.17) is 0 Å². The molecule has 1 unspecified atom stereocenters. The third-order valence-corrected chi connectivity index (χ3v) is 6.75. The Kier molecular flexibility index (Phi) is 4.59. The van der Waals surface area contributed by atoms with Crippen molar-refractivity contribution in [3.63, 3.8) is 0 Å². The molecule has 0 radical (unpaired) electrons. The molecule has 0 spiro atoms. The molecule has 0 aromatic carbocycles. The number of piperidine rings is 1. The highest BCUT2D eigenvalue weighted by Crippen LogP contribution is 2.32. The van der Waals surface area contributed by atoms with E-state index >= 15 is 0 Å². The molecular formula is C16H23NO3S2. The zero-order valence-corrected chi connectivity index (χ0v) is 14.6. The summed E-state index contributed by atoms with van der Waals surface area (Å²) in [6, 6.07) is -0.157. The molecule has 1 amide bonds. The lowest BCUT2D eigenvalue weighted by atomic mass is 9.94. The van der Waals surface area contributed by atoms with E-state index in [1.165, 1.54) is 23.1 Å². The number of thiophene rings is 1. The molecule has 2 aliphatic rings. The summed E-state index contributed by atoms with van der Waals surface area (Å²) < 4.78 is 23.3. The average molecular weight is 341 g/mol. The van der Waals surface area contributed by atoms with Gasteiger partial charge in [0.05, 0.1) is 11.3 Å². The fraction of sp³-hybridized carbons (Fsp3) is 0.688. The first kappa shape index (κ1) is 16.0. The highest BCUT2D eigenvalue weighted by molar-refractivity contribution is 7.90. The summed E-state index contributed by atoms with van der Waals surface area (Å²) >= 11 is 1.69. The molecule has 0 bridgehead atoms. The van der Waals surface area contributed by atoms with E-state index in [1.807, 2.05) is 10.3 Å². The lowest BCUT2D eigenvalue weighted by Gasteiger charge is -2.35. The smallest absolute Gasteiger partial charge is 0.255 e. The van der Waals surface area contributed by atoms with Crippen LogP contribution in [0.15, 0.2) is 5.38 Å². The Morgan fingerprint density at radius 2 is 2.05 bits per heavy atom. The van der Waals surface area contributed by atoms with Crippen molar-refractivity contribution in [2.45, 2.75) is 51.0 Å². The predicted molar refractivity (Wildman–Crippen MR) is 89.3 cm³/mol. The highest BCUT2D eigenvalue weighted by atomic mass is 32.2. The molecule has 4 nitrogen and oxygen atoms in total. The Labute approximate surface area is 136 Å². The third-order valence-electron chi connectivity index (χ3n) is 4.67. The molecule has 6 heteroatoms. The van der Waals surface area contributed by atoms with Gasteiger partial charge in [-0.1, -0.05) is 0 Å². The number of aryl methyl sites for hydroxylation is 1. The Bertz CT molecular complexity index is 663. The molecule has 1 aromatic heterocycles. The lowest BCUT2D eigenvalue weighted by Crippen LogP contribution is -2.47. The van der Waals surface area contributed by atoms with Crippen LogP contribution >= 0.6 is 11.3 Å². The molecule has 1 saturated heterocycles. The fourth-order valence-corrected chi connectivity index (χ4v) is 5.78. The van der Waals surface area contributed by atoms with Gasteiger partial charge in [-0.2, -0.15) is 0 Å². The summed E-state index contributed by atoms with van der Waals surface area (Å²) in [5.41, 5.74) is 2.06. The van der Waals surface area contributed by atoms with Crippen molar-refractivity contribution < 1.29 is 13.2 Å². The first-order valence-electron chi connectivity index (χ1n) is 8.03. The van der Waals surface area contributed by atoms with Gasteiger partial charge in [0, 0.05) is 29.1 Å². The maximum absolute atomic E-state index is 13.0. The Morgan fingerprint density at radius 1 is 1.27 bits per heavy atom. The van der Waals surface area contributed by atoms with Gasteiger partial charge < -0.3 is 4.90 Å². The van der Waals surface area contributed by atoms with Crippen LogP contribution < -0.4 is 0 Å². The summed E-state index contributed by atoms with van der Waals surface area (Å²) in [5.74, 6) is 0.137. The number of sulfone groups is 1. The largest absolute Gasteiger partial charge is 0.335 e. The minimum Gasteiger partial charge on any atom is -0.335 e. The predicted octanol–water partition coefficient (Wildman–Crippen LogP) is 2.67. The van der Waals surface area contributed by atoms with Crippen molar-refractivity contribution in [3.8, 4) is 0 Å². The molecule has 0 saturated carbocycles. The van der Waals surface area contributed by atoms with Gasteiger partial charge in [-0.25, -0.2) is 8.42 Å². The monoisotopic (exact) mass is 341 g/mol. The highest BCUT2D eigenvalue weighted by Gasteiger charge is 2.32. The Morgan fingerprint density at radius 3 is 2.82 bits per heavy atom. The van der Waals surface area contributed by atoms with Crippen LogP contribution in [0, 0.1) is 0 Å². The quantitative estimate of drug-likeness (QED) is 0.849. The van der Waals surface area contributed by atoms with E-state index in [9.17, 15) is 13.2 Å². The topological polar surface area (TPSA) is 54.5 Å². The fourth-order valence-electron chi connectivity index (χ4n) is 3.62. The molecule has 122 valence electrons. The normalized spacial score (nSPS) is 22.4. The van der Waals surface area contributed by atoms with E-state index in [-0.39, 0.29) is 17.7 Å². The van der Waals surface area contributed by atoms with Crippen LogP contribution in [-0.4, -0.2) is 43.8 Å². The van der Waals surface area contributed by atoms with E-state index in [0.717, 1.165) is 44.1 Å². The maximum atomic E-state index is 13.0. The molecule has 1 aliphatic carbocycles. The van der Waals surface area contributed by atoms with Gasteiger partial charge in [-0.3, -0.25) is 4.79 Å². The lowest BCUT2D eigenvalue weighted by molar-refractivity contribution is 0.0638. The van der Waals surface area contributed by atoms with Crippen LogP contribution in [0.3, 0.4) is 0 Å². The summed E-state index contributed by atoms with van der Waals surface area (Å²) in [5, 5.41) is 1.99. The standard InChI is InChI=1S/C16H23NO3S2/c1-22(19,20)11-12-6-4-5-9-17(12)16(18)14-10-21-15-8-3-2-7-13(14)15/h10,12H,2-9,11H2,1H3. The third kappa shape index (κ3) is 3.38.